The number of rotatable bonds is 12. The van der Waals surface area contributed by atoms with Crippen molar-refractivity contribution in [2.24, 2.45) is 5.92 Å². The molecule has 1 aromatic carbocycles. The van der Waals surface area contributed by atoms with E-state index in [4.69, 9.17) is 13.9 Å². The molecule has 2 N–H and O–H groups in total. The van der Waals surface area contributed by atoms with Gasteiger partial charge in [0.25, 0.3) is 11.8 Å². The van der Waals surface area contributed by atoms with Crippen molar-refractivity contribution in [1.82, 2.24) is 10.3 Å². The predicted octanol–water partition coefficient (Wildman–Crippen LogP) is 7.37. The molecule has 4 atom stereocenters. The van der Waals surface area contributed by atoms with Crippen LogP contribution in [-0.4, -0.2) is 63.3 Å². The Kier molecular flexibility index (Phi) is 11.6. The van der Waals surface area contributed by atoms with E-state index < -0.39 is 67.2 Å². The van der Waals surface area contributed by atoms with Gasteiger partial charge in [-0.05, 0) is 41.7 Å². The van der Waals surface area contributed by atoms with E-state index >= 15 is 4.39 Å². The summed E-state index contributed by atoms with van der Waals surface area (Å²) in [5.41, 5.74) is -2.21. The number of alkyl halides is 3. The number of pyridine rings is 1. The van der Waals surface area contributed by atoms with Crippen molar-refractivity contribution < 1.29 is 45.4 Å². The Labute approximate surface area is 267 Å². The first kappa shape index (κ1) is 37.4. The van der Waals surface area contributed by atoms with Crippen molar-refractivity contribution in [2.75, 3.05) is 25.6 Å². The summed E-state index contributed by atoms with van der Waals surface area (Å²) in [4.78, 5) is 29.5. The number of halogens is 5. The molecule has 2 heterocycles. The molecule has 0 aliphatic carbocycles. The number of aromatic nitrogens is 1. The van der Waals surface area contributed by atoms with Gasteiger partial charge in [0, 0.05) is 36.3 Å². The van der Waals surface area contributed by atoms with Crippen LogP contribution in [0, 0.1) is 17.6 Å². The van der Waals surface area contributed by atoms with Crippen molar-refractivity contribution in [3.63, 3.8) is 0 Å². The van der Waals surface area contributed by atoms with Gasteiger partial charge in [0.15, 0.2) is 25.5 Å². The summed E-state index contributed by atoms with van der Waals surface area (Å²) >= 11 is 0. The number of carbonyl (C=O) groups is 2. The minimum Gasteiger partial charge on any atom is -0.488 e. The number of ether oxygens (including phenoxy) is 2. The maximum atomic E-state index is 15.4. The second-order valence-corrected chi connectivity index (χ2v) is 18.2. The molecule has 256 valence electrons. The van der Waals surface area contributed by atoms with E-state index in [2.05, 4.69) is 57.2 Å². The third-order valence-corrected chi connectivity index (χ3v) is 15.4. The van der Waals surface area contributed by atoms with Gasteiger partial charge in [-0.2, -0.15) is 17.6 Å². The van der Waals surface area contributed by atoms with Gasteiger partial charge in [0.2, 0.25) is 5.82 Å². The molecular formula is C32H44F5N3O5Si. The summed E-state index contributed by atoms with van der Waals surface area (Å²) in [5, 5.41) is 4.87. The van der Waals surface area contributed by atoms with Crippen LogP contribution >= 0.6 is 0 Å². The molecule has 0 bridgehead atoms. The highest BCUT2D eigenvalue weighted by atomic mass is 28.4. The number of nitrogens with one attached hydrogen (secondary N) is 2. The normalized spacial score (nSPS) is 22.1. The highest BCUT2D eigenvalue weighted by Gasteiger charge is 2.66. The van der Waals surface area contributed by atoms with Gasteiger partial charge in [-0.15, -0.1) is 0 Å². The molecule has 1 aromatic heterocycles. The van der Waals surface area contributed by atoms with Gasteiger partial charge in [0.1, 0.15) is 18.4 Å². The topological polar surface area (TPSA) is 98.8 Å². The second kappa shape index (κ2) is 14.3. The van der Waals surface area contributed by atoms with Crippen LogP contribution in [0.4, 0.5) is 27.6 Å². The van der Waals surface area contributed by atoms with E-state index in [1.165, 1.54) is 32.3 Å². The van der Waals surface area contributed by atoms with Crippen LogP contribution in [0.3, 0.4) is 0 Å². The number of nitrogens with zero attached hydrogens (tertiary/aromatic N) is 1. The van der Waals surface area contributed by atoms with Crippen LogP contribution in [0.1, 0.15) is 77.4 Å². The van der Waals surface area contributed by atoms with Gasteiger partial charge >= 0.3 is 6.18 Å². The van der Waals surface area contributed by atoms with Crippen molar-refractivity contribution in [3.8, 4) is 5.75 Å². The lowest BCUT2D eigenvalue weighted by molar-refractivity contribution is -0.272. The lowest BCUT2D eigenvalue weighted by Crippen LogP contribution is -2.48. The number of hydrogen-bond acceptors (Lipinski definition) is 6. The van der Waals surface area contributed by atoms with E-state index in [0.717, 1.165) is 19.1 Å². The Bertz CT molecular complexity index is 1380. The van der Waals surface area contributed by atoms with E-state index in [-0.39, 0.29) is 46.8 Å². The van der Waals surface area contributed by atoms with E-state index in [1.54, 1.807) is 0 Å². The Balaban J connectivity index is 2.00. The number of carbonyl (C=O) groups excluding carboxylic acids is 2. The summed E-state index contributed by atoms with van der Waals surface area (Å²) < 4.78 is 91.0. The Morgan fingerprint density at radius 1 is 1.04 bits per heavy atom. The first-order chi connectivity index (χ1) is 21.3. The van der Waals surface area contributed by atoms with Gasteiger partial charge < -0.3 is 24.5 Å². The molecule has 3 rings (SSSR count). The smallest absolute Gasteiger partial charge is 0.417 e. The number of amides is 2. The Hall–Kier alpha value is -3.10. The largest absolute Gasteiger partial charge is 0.488 e. The Morgan fingerprint density at radius 2 is 1.65 bits per heavy atom. The average molecular weight is 674 g/mol. The predicted molar refractivity (Wildman–Crippen MR) is 166 cm³/mol. The maximum Gasteiger partial charge on any atom is 0.417 e. The molecule has 2 aromatic rings. The zero-order valence-electron chi connectivity index (χ0n) is 27.6. The molecule has 0 radical (unpaired) electrons. The summed E-state index contributed by atoms with van der Waals surface area (Å²) in [6, 6.07) is 4.49. The fourth-order valence-electron chi connectivity index (χ4n) is 6.82. The third kappa shape index (κ3) is 7.08. The minimum absolute atomic E-state index is 0.0457. The van der Waals surface area contributed by atoms with Crippen molar-refractivity contribution in [1.29, 1.82) is 0 Å². The molecule has 0 unspecified atom stereocenters. The number of anilines is 1. The summed E-state index contributed by atoms with van der Waals surface area (Å²) in [6.07, 6.45) is -5.48. The van der Waals surface area contributed by atoms with E-state index in [1.807, 2.05) is 0 Å². The quantitative estimate of drug-likeness (QED) is 0.139. The van der Waals surface area contributed by atoms with Crippen LogP contribution in [0.15, 0.2) is 30.5 Å². The highest BCUT2D eigenvalue weighted by molar-refractivity contribution is 6.77. The lowest BCUT2D eigenvalue weighted by atomic mass is 9.77. The Morgan fingerprint density at radius 3 is 2.20 bits per heavy atom. The van der Waals surface area contributed by atoms with E-state index in [0.29, 0.717) is 0 Å². The average Bonchev–Trinajstić information content (AvgIpc) is 3.25. The van der Waals surface area contributed by atoms with Crippen molar-refractivity contribution in [3.05, 3.63) is 53.4 Å². The first-order valence-corrected chi connectivity index (χ1v) is 17.5. The van der Waals surface area contributed by atoms with Crippen LogP contribution in [0.25, 0.3) is 0 Å². The maximum absolute atomic E-state index is 15.4. The molecule has 14 heteroatoms. The van der Waals surface area contributed by atoms with Crippen LogP contribution in [0.5, 0.6) is 5.75 Å². The third-order valence-electron chi connectivity index (χ3n) is 9.24. The van der Waals surface area contributed by atoms with Crippen molar-refractivity contribution in [2.45, 2.75) is 95.8 Å². The highest BCUT2D eigenvalue weighted by Crippen LogP contribution is 2.55. The minimum atomic E-state index is -4.92. The molecule has 1 fully saturated rings. The standard InChI is InChI=1S/C32H44F5N3O5Si/c1-17(2)46(18(3)4,19(5)6)44-15-14-43-27-22(10-11-23(33)26(27)34)25-20(7)31(8,32(35,36)37)45-28(25)30(42)40-21-12-13-39-24(16-21)29(41)38-9/h10-13,16-20,25,28H,14-15H2,1-9H3,(H,38,41)(H,39,40,42)/t20-,25-,28+,31+/m0/s1. The van der Waals surface area contributed by atoms with Gasteiger partial charge in [-0.3, -0.25) is 14.6 Å². The molecule has 1 saturated heterocycles. The molecule has 8 nitrogen and oxygen atoms in total. The molecular weight excluding hydrogens is 629 g/mol. The molecule has 1 aliphatic rings. The number of hydrogen-bond donors (Lipinski definition) is 2. The summed E-state index contributed by atoms with van der Waals surface area (Å²) in [7, 11) is -0.947. The van der Waals surface area contributed by atoms with Crippen LogP contribution in [0.2, 0.25) is 16.6 Å². The lowest BCUT2D eigenvalue weighted by Gasteiger charge is -2.42. The zero-order valence-corrected chi connectivity index (χ0v) is 28.6. The van der Waals surface area contributed by atoms with Crippen LogP contribution in [-0.2, 0) is 14.0 Å². The zero-order chi connectivity index (χ0) is 34.8. The molecule has 46 heavy (non-hydrogen) atoms. The molecule has 0 saturated carbocycles. The first-order valence-electron chi connectivity index (χ1n) is 15.3. The molecule has 2 amide bonds. The second-order valence-electron chi connectivity index (χ2n) is 12.8. The fourth-order valence-corrected chi connectivity index (χ4v) is 12.3. The van der Waals surface area contributed by atoms with Crippen LogP contribution < -0.4 is 15.4 Å². The SMILES string of the molecule is CNC(=O)c1cc(NC(=O)[C@@H]2O[C@@](C)(C(F)(F)F)[C@@H](C)[C@H]2c2ccc(F)c(F)c2OCCO[Si](C(C)C)(C(C)C)C(C)C)ccn1. The summed E-state index contributed by atoms with van der Waals surface area (Å²) in [6.45, 7) is 14.4. The van der Waals surface area contributed by atoms with Crippen molar-refractivity contribution >= 4 is 25.8 Å². The monoisotopic (exact) mass is 673 g/mol. The summed E-state index contributed by atoms with van der Waals surface area (Å²) in [5.74, 6) is -7.65. The van der Waals surface area contributed by atoms with E-state index in [9.17, 15) is 27.2 Å². The fraction of sp³-hybridized carbons (Fsp3) is 0.594. The molecule has 1 aliphatic heterocycles. The van der Waals surface area contributed by atoms with Gasteiger partial charge in [-0.25, -0.2) is 4.39 Å². The van der Waals surface area contributed by atoms with Gasteiger partial charge in [-0.1, -0.05) is 54.5 Å². The number of benzene rings is 1. The molecule has 0 spiro atoms. The van der Waals surface area contributed by atoms with Gasteiger partial charge in [0.05, 0.1) is 6.61 Å².